The number of carbonyl (C=O) groups excluding carboxylic acids is 2. The minimum Gasteiger partial charge on any atom is -0.274 e. The van der Waals surface area contributed by atoms with Crippen LogP contribution in [0, 0.1) is 11.3 Å². The Morgan fingerprint density at radius 3 is 2.38 bits per heavy atom. The molecule has 0 fully saturated rings. The molecule has 194 valence electrons. The van der Waals surface area contributed by atoms with Gasteiger partial charge in [-0.2, -0.15) is 10.4 Å². The largest absolute Gasteiger partial charge is 0.274 e. The molecule has 4 aromatic rings. The van der Waals surface area contributed by atoms with E-state index in [9.17, 15) is 14.9 Å². The van der Waals surface area contributed by atoms with E-state index in [1.54, 1.807) is 17.7 Å². The lowest BCUT2D eigenvalue weighted by Crippen LogP contribution is -2.43. The van der Waals surface area contributed by atoms with E-state index < -0.39 is 5.91 Å². The van der Waals surface area contributed by atoms with Gasteiger partial charge in [0.15, 0.2) is 0 Å². The zero-order valence-electron chi connectivity index (χ0n) is 22.2. The van der Waals surface area contributed by atoms with E-state index in [-0.39, 0.29) is 11.5 Å². The van der Waals surface area contributed by atoms with Crippen LogP contribution in [0.3, 0.4) is 0 Å². The highest BCUT2D eigenvalue weighted by atomic mass is 16.2. The molecule has 3 aromatic carbocycles. The Hall–Kier alpha value is -4.76. The molecule has 0 N–H and O–H groups in total. The quantitative estimate of drug-likeness (QED) is 0.146. The number of unbranched alkanes of at least 4 members (excludes halogenated alkanes) is 3. The van der Waals surface area contributed by atoms with E-state index >= 15 is 0 Å². The van der Waals surface area contributed by atoms with Crippen LogP contribution < -0.4 is 0 Å². The van der Waals surface area contributed by atoms with Gasteiger partial charge in [-0.05, 0) is 54.0 Å². The molecular weight excluding hydrogens is 484 g/mol. The van der Waals surface area contributed by atoms with Crippen LogP contribution in [0.2, 0.25) is 0 Å². The average molecular weight is 515 g/mol. The summed E-state index contributed by atoms with van der Waals surface area (Å²) in [6.07, 6.45) is 7.39. The van der Waals surface area contributed by atoms with Crippen LogP contribution in [-0.2, 0) is 9.59 Å². The van der Waals surface area contributed by atoms with Crippen LogP contribution in [0.4, 0.5) is 0 Å². The number of fused-ring (bicyclic) bond motifs is 1. The van der Waals surface area contributed by atoms with Crippen LogP contribution in [0.15, 0.2) is 95.7 Å². The predicted molar refractivity (Wildman–Crippen MR) is 154 cm³/mol. The van der Waals surface area contributed by atoms with Crippen LogP contribution >= 0.6 is 0 Å². The minimum absolute atomic E-state index is 0.0130. The number of para-hydroxylation sites is 1. The van der Waals surface area contributed by atoms with Gasteiger partial charge < -0.3 is 0 Å². The number of amides is 2. The number of nitriles is 1. The predicted octanol–water partition coefficient (Wildman–Crippen LogP) is 6.87. The normalized spacial score (nSPS) is 14.9. The molecule has 6 heteroatoms. The summed E-state index contributed by atoms with van der Waals surface area (Å²) in [6, 6.07) is 26.1. The lowest BCUT2D eigenvalue weighted by molar-refractivity contribution is -0.140. The molecule has 0 saturated heterocycles. The molecule has 0 saturated carbocycles. The van der Waals surface area contributed by atoms with Crippen molar-refractivity contribution < 1.29 is 9.59 Å². The maximum absolute atomic E-state index is 13.6. The molecule has 0 radical (unpaired) electrons. The van der Waals surface area contributed by atoms with E-state index in [1.807, 2.05) is 60.8 Å². The first-order chi connectivity index (χ1) is 19.0. The Morgan fingerprint density at radius 2 is 1.64 bits per heavy atom. The summed E-state index contributed by atoms with van der Waals surface area (Å²) in [5, 5.41) is 16.9. The molecule has 0 bridgehead atoms. The monoisotopic (exact) mass is 514 g/mol. The molecule has 2 amide bonds. The summed E-state index contributed by atoms with van der Waals surface area (Å²) in [6.45, 7) is 4.08. The first-order valence-electron chi connectivity index (χ1n) is 13.3. The van der Waals surface area contributed by atoms with Gasteiger partial charge in [0.1, 0.15) is 11.6 Å². The van der Waals surface area contributed by atoms with Gasteiger partial charge in [-0.15, -0.1) is 0 Å². The fourth-order valence-electron chi connectivity index (χ4n) is 4.95. The van der Waals surface area contributed by atoms with Gasteiger partial charge in [0.05, 0.1) is 11.4 Å². The Morgan fingerprint density at radius 1 is 0.897 bits per heavy atom. The Labute approximate surface area is 228 Å². The highest BCUT2D eigenvalue weighted by Crippen LogP contribution is 2.32. The molecule has 1 aromatic heterocycles. The van der Waals surface area contributed by atoms with Crippen molar-refractivity contribution in [1.82, 2.24) is 14.7 Å². The number of nitrogens with zero attached hydrogens (tertiary/aromatic N) is 4. The van der Waals surface area contributed by atoms with E-state index in [0.29, 0.717) is 29.8 Å². The molecule has 5 rings (SSSR count). The number of benzene rings is 3. The van der Waals surface area contributed by atoms with Crippen molar-refractivity contribution >= 4 is 28.7 Å². The van der Waals surface area contributed by atoms with Gasteiger partial charge in [0, 0.05) is 29.4 Å². The summed E-state index contributed by atoms with van der Waals surface area (Å²) in [5.41, 5.74) is 3.99. The number of hydrogen-bond acceptors (Lipinski definition) is 4. The van der Waals surface area contributed by atoms with Gasteiger partial charge >= 0.3 is 0 Å². The second kappa shape index (κ2) is 11.3. The van der Waals surface area contributed by atoms with Crippen molar-refractivity contribution in [3.05, 3.63) is 101 Å². The maximum Gasteiger partial charge on any atom is 0.271 e. The summed E-state index contributed by atoms with van der Waals surface area (Å²) >= 11 is 0. The van der Waals surface area contributed by atoms with E-state index in [0.717, 1.165) is 46.8 Å². The van der Waals surface area contributed by atoms with Crippen LogP contribution in [0.1, 0.15) is 45.1 Å². The topological polar surface area (TPSA) is 79.0 Å². The van der Waals surface area contributed by atoms with Gasteiger partial charge in [-0.25, -0.2) is 4.68 Å². The fraction of sp³-hybridized carbons (Fsp3) is 0.212. The van der Waals surface area contributed by atoms with Crippen molar-refractivity contribution in [2.24, 2.45) is 0 Å². The second-order valence-corrected chi connectivity index (χ2v) is 9.77. The number of imide groups is 1. The highest BCUT2D eigenvalue weighted by molar-refractivity contribution is 6.19. The highest BCUT2D eigenvalue weighted by Gasteiger charge is 2.35. The summed E-state index contributed by atoms with van der Waals surface area (Å²) in [4.78, 5) is 27.9. The third kappa shape index (κ3) is 5.17. The van der Waals surface area contributed by atoms with E-state index in [1.165, 1.54) is 4.90 Å². The van der Waals surface area contributed by atoms with E-state index in [4.69, 9.17) is 5.10 Å². The van der Waals surface area contributed by atoms with Crippen molar-refractivity contribution in [3.8, 4) is 23.0 Å². The molecule has 0 aliphatic carbocycles. The molecule has 39 heavy (non-hydrogen) atoms. The smallest absolute Gasteiger partial charge is 0.271 e. The minimum atomic E-state index is -0.511. The zero-order valence-corrected chi connectivity index (χ0v) is 22.2. The number of rotatable bonds is 8. The molecule has 1 aliphatic heterocycles. The molecule has 0 spiro atoms. The van der Waals surface area contributed by atoms with Crippen molar-refractivity contribution in [2.75, 3.05) is 6.54 Å². The molecule has 2 heterocycles. The lowest BCUT2D eigenvalue weighted by Gasteiger charge is -2.27. The SMILES string of the molecule is CCCCCCN1C(=O)C(C#N)=C(C)/C(=C\c2cn(-c3ccccc3)nc2-c2ccc3ccccc3c2)C1=O. The Balaban J connectivity index is 1.64. The molecule has 0 unspecified atom stereocenters. The number of aromatic nitrogens is 2. The van der Waals surface area contributed by atoms with Crippen LogP contribution in [0.25, 0.3) is 33.8 Å². The number of carbonyl (C=O) groups is 2. The first kappa shape index (κ1) is 25.9. The van der Waals surface area contributed by atoms with Gasteiger partial charge in [0.25, 0.3) is 11.8 Å². The van der Waals surface area contributed by atoms with Gasteiger partial charge in [-0.1, -0.05) is 80.8 Å². The second-order valence-electron chi connectivity index (χ2n) is 9.77. The Kier molecular flexibility index (Phi) is 7.51. The maximum atomic E-state index is 13.6. The summed E-state index contributed by atoms with van der Waals surface area (Å²) in [5.74, 6) is -0.881. The Bertz CT molecular complexity index is 1650. The van der Waals surface area contributed by atoms with Crippen LogP contribution in [0.5, 0.6) is 0 Å². The fourth-order valence-corrected chi connectivity index (χ4v) is 4.95. The third-order valence-electron chi connectivity index (χ3n) is 7.15. The molecule has 0 atom stereocenters. The molecular formula is C33H30N4O2. The van der Waals surface area contributed by atoms with E-state index in [2.05, 4.69) is 31.2 Å². The molecule has 1 aliphatic rings. The van der Waals surface area contributed by atoms with Crippen molar-refractivity contribution in [3.63, 3.8) is 0 Å². The van der Waals surface area contributed by atoms with Crippen molar-refractivity contribution in [2.45, 2.75) is 39.5 Å². The lowest BCUT2D eigenvalue weighted by atomic mass is 9.93. The average Bonchev–Trinajstić information content (AvgIpc) is 3.39. The summed E-state index contributed by atoms with van der Waals surface area (Å²) in [7, 11) is 0. The molecule has 6 nitrogen and oxygen atoms in total. The van der Waals surface area contributed by atoms with Crippen molar-refractivity contribution in [1.29, 1.82) is 5.26 Å². The summed E-state index contributed by atoms with van der Waals surface area (Å²) < 4.78 is 1.79. The van der Waals surface area contributed by atoms with Gasteiger partial charge in [0.2, 0.25) is 0 Å². The standard InChI is InChI=1S/C33H30N4O2/c1-3-4-5-11-18-36-32(38)29(23(2)30(21-34)33(36)39)20-27-22-37(28-14-7-6-8-15-28)35-31(27)26-17-16-24-12-9-10-13-25(24)19-26/h6-10,12-17,19-20,22H,3-5,11,18H2,1-2H3/b29-20+. The zero-order chi connectivity index (χ0) is 27.4. The van der Waals surface area contributed by atoms with Gasteiger partial charge in [-0.3, -0.25) is 14.5 Å². The third-order valence-corrected chi connectivity index (χ3v) is 7.15. The first-order valence-corrected chi connectivity index (χ1v) is 13.3. The number of hydrogen-bond donors (Lipinski definition) is 0. The van der Waals surface area contributed by atoms with Crippen LogP contribution in [-0.4, -0.2) is 33.0 Å².